The van der Waals surface area contributed by atoms with Crippen LogP contribution in [0, 0.1) is 0 Å². The first-order chi connectivity index (χ1) is 12.4. The lowest BCUT2D eigenvalue weighted by atomic mass is 10.0. The zero-order valence-electron chi connectivity index (χ0n) is 15.0. The average molecular weight is 350 g/mol. The fourth-order valence-corrected chi connectivity index (χ4v) is 2.81. The topological polar surface area (TPSA) is 94.0 Å². The van der Waals surface area contributed by atoms with E-state index in [4.69, 9.17) is 5.73 Å². The van der Waals surface area contributed by atoms with Crippen molar-refractivity contribution < 1.29 is 5.11 Å². The molecule has 0 spiro atoms. The van der Waals surface area contributed by atoms with E-state index in [1.807, 2.05) is 44.2 Å². The molecule has 6 heteroatoms. The molecule has 0 fully saturated rings. The van der Waals surface area contributed by atoms with E-state index in [0.717, 1.165) is 11.1 Å². The molecule has 0 saturated heterocycles. The van der Waals surface area contributed by atoms with Gasteiger partial charge in [-0.25, -0.2) is 9.97 Å². The molecule has 1 aromatic carbocycles. The highest BCUT2D eigenvalue weighted by Gasteiger charge is 2.18. The van der Waals surface area contributed by atoms with Crippen LogP contribution in [0.3, 0.4) is 0 Å². The lowest BCUT2D eigenvalue weighted by molar-refractivity contribution is 0.195. The summed E-state index contributed by atoms with van der Waals surface area (Å²) in [5, 5.41) is 9.99. The van der Waals surface area contributed by atoms with Crippen molar-refractivity contribution in [3.63, 3.8) is 0 Å². The summed E-state index contributed by atoms with van der Waals surface area (Å²) in [7, 11) is 0. The van der Waals surface area contributed by atoms with Gasteiger partial charge in [0.25, 0.3) is 5.56 Å². The second-order valence-corrected chi connectivity index (χ2v) is 6.49. The van der Waals surface area contributed by atoms with E-state index in [2.05, 4.69) is 9.97 Å². The molecule has 1 atom stereocenters. The van der Waals surface area contributed by atoms with Crippen molar-refractivity contribution in [2.45, 2.75) is 32.9 Å². The zero-order chi connectivity index (χ0) is 18.8. The third-order valence-corrected chi connectivity index (χ3v) is 4.16. The number of aliphatic hydroxyl groups excluding tert-OH is 1. The second kappa shape index (κ2) is 7.09. The zero-order valence-corrected chi connectivity index (χ0v) is 15.0. The highest BCUT2D eigenvalue weighted by atomic mass is 16.3. The minimum absolute atomic E-state index is 0.0144. The number of hydrogen-bond acceptors (Lipinski definition) is 5. The van der Waals surface area contributed by atoms with Gasteiger partial charge in [0.15, 0.2) is 0 Å². The Morgan fingerprint density at radius 2 is 1.62 bits per heavy atom. The fraction of sp³-hybridized carbons (Fsp3) is 0.250. The number of hydrogen-bond donors (Lipinski definition) is 2. The van der Waals surface area contributed by atoms with Crippen LogP contribution in [0.1, 0.15) is 38.6 Å². The molecule has 26 heavy (non-hydrogen) atoms. The van der Waals surface area contributed by atoms with E-state index in [1.165, 1.54) is 6.07 Å². The number of benzene rings is 1. The van der Waals surface area contributed by atoms with Gasteiger partial charge < -0.3 is 15.4 Å². The van der Waals surface area contributed by atoms with Gasteiger partial charge in [0.2, 0.25) is 0 Å². The molecule has 0 aliphatic heterocycles. The molecule has 0 saturated carbocycles. The summed E-state index contributed by atoms with van der Waals surface area (Å²) in [4.78, 5) is 21.2. The molecule has 0 amide bonds. The summed E-state index contributed by atoms with van der Waals surface area (Å²) >= 11 is 0. The quantitative estimate of drug-likeness (QED) is 0.753. The third kappa shape index (κ3) is 3.36. The van der Waals surface area contributed by atoms with E-state index in [1.54, 1.807) is 23.8 Å². The van der Waals surface area contributed by atoms with Crippen molar-refractivity contribution in [1.29, 1.82) is 0 Å². The normalized spacial score (nSPS) is 12.3. The van der Waals surface area contributed by atoms with Gasteiger partial charge in [-0.05, 0) is 26.8 Å². The molecule has 0 bridgehead atoms. The summed E-state index contributed by atoms with van der Waals surface area (Å²) < 4.78 is 1.64. The summed E-state index contributed by atoms with van der Waals surface area (Å²) in [5.74, 6) is 0.194. The van der Waals surface area contributed by atoms with Crippen LogP contribution >= 0.6 is 0 Å². The summed E-state index contributed by atoms with van der Waals surface area (Å²) in [6, 6.07) is 12.8. The SMILES string of the molecule is CC(O)c1nc(-c2ccc(=O)n(C(C)C)c2)c(-c2ccccc2)nc1N. The summed E-state index contributed by atoms with van der Waals surface area (Å²) in [6.45, 7) is 5.49. The predicted molar refractivity (Wildman–Crippen MR) is 103 cm³/mol. The van der Waals surface area contributed by atoms with E-state index < -0.39 is 6.10 Å². The number of nitrogens with two attached hydrogens (primary N) is 1. The molecule has 3 rings (SSSR count). The molecule has 2 aromatic heterocycles. The van der Waals surface area contributed by atoms with Gasteiger partial charge in [-0.1, -0.05) is 30.3 Å². The Balaban J connectivity index is 2.30. The molecule has 1 unspecified atom stereocenters. The molecule has 0 radical (unpaired) electrons. The van der Waals surface area contributed by atoms with Crippen LogP contribution < -0.4 is 11.3 Å². The molecule has 6 nitrogen and oxygen atoms in total. The Bertz CT molecular complexity index is 979. The Morgan fingerprint density at radius 1 is 0.962 bits per heavy atom. The van der Waals surface area contributed by atoms with Crippen LogP contribution in [0.2, 0.25) is 0 Å². The monoisotopic (exact) mass is 350 g/mol. The Morgan fingerprint density at radius 3 is 2.23 bits per heavy atom. The minimum atomic E-state index is -0.845. The molecule has 3 N–H and O–H groups in total. The van der Waals surface area contributed by atoms with Gasteiger partial charge in [0, 0.05) is 29.4 Å². The van der Waals surface area contributed by atoms with Crippen molar-refractivity contribution in [3.8, 4) is 22.5 Å². The molecular weight excluding hydrogens is 328 g/mol. The first-order valence-corrected chi connectivity index (χ1v) is 8.52. The first kappa shape index (κ1) is 17.8. The van der Waals surface area contributed by atoms with Crippen molar-refractivity contribution >= 4 is 5.82 Å². The van der Waals surface area contributed by atoms with Crippen LogP contribution in [0.4, 0.5) is 5.82 Å². The second-order valence-electron chi connectivity index (χ2n) is 6.49. The molecule has 3 aromatic rings. The van der Waals surface area contributed by atoms with E-state index in [0.29, 0.717) is 17.1 Å². The van der Waals surface area contributed by atoms with Gasteiger partial charge in [-0.2, -0.15) is 0 Å². The number of nitrogens with zero attached hydrogens (tertiary/aromatic N) is 3. The summed E-state index contributed by atoms with van der Waals surface area (Å²) in [6.07, 6.45) is 0.924. The number of aliphatic hydroxyl groups is 1. The van der Waals surface area contributed by atoms with Crippen LogP contribution in [0.25, 0.3) is 22.5 Å². The van der Waals surface area contributed by atoms with Crippen LogP contribution in [-0.4, -0.2) is 19.6 Å². The maximum Gasteiger partial charge on any atom is 0.250 e. The fourth-order valence-electron chi connectivity index (χ4n) is 2.81. The van der Waals surface area contributed by atoms with Gasteiger partial charge in [0.05, 0.1) is 17.5 Å². The highest BCUT2D eigenvalue weighted by molar-refractivity contribution is 5.78. The Kier molecular flexibility index (Phi) is 4.86. The summed E-state index contributed by atoms with van der Waals surface area (Å²) in [5.41, 5.74) is 9.06. The number of pyridine rings is 1. The number of nitrogen functional groups attached to an aromatic ring is 1. The maximum atomic E-state index is 12.1. The highest BCUT2D eigenvalue weighted by Crippen LogP contribution is 2.32. The third-order valence-electron chi connectivity index (χ3n) is 4.16. The Hall–Kier alpha value is -2.99. The van der Waals surface area contributed by atoms with E-state index in [-0.39, 0.29) is 17.4 Å². The first-order valence-electron chi connectivity index (χ1n) is 8.52. The molecule has 134 valence electrons. The number of rotatable bonds is 4. The predicted octanol–water partition coefficient (Wildman–Crippen LogP) is 3.19. The van der Waals surface area contributed by atoms with Crippen LogP contribution in [-0.2, 0) is 0 Å². The average Bonchev–Trinajstić information content (AvgIpc) is 2.62. The van der Waals surface area contributed by atoms with Gasteiger partial charge in [0.1, 0.15) is 11.5 Å². The largest absolute Gasteiger partial charge is 0.387 e. The number of aromatic nitrogens is 3. The standard InChI is InChI=1S/C20H22N4O2/c1-12(2)24-11-15(9-10-16(24)26)19-18(14-7-5-4-6-8-14)23-20(21)17(22-19)13(3)25/h4-13,25H,1-3H3,(H2,21,23). The van der Waals surface area contributed by atoms with Crippen molar-refractivity contribution in [2.75, 3.05) is 5.73 Å². The lowest BCUT2D eigenvalue weighted by Gasteiger charge is -2.16. The number of anilines is 1. The molecule has 2 heterocycles. The Labute approximate surface area is 152 Å². The van der Waals surface area contributed by atoms with Crippen LogP contribution in [0.15, 0.2) is 53.5 Å². The lowest BCUT2D eigenvalue weighted by Crippen LogP contribution is -2.20. The van der Waals surface area contributed by atoms with E-state index in [9.17, 15) is 9.90 Å². The smallest absolute Gasteiger partial charge is 0.250 e. The molecular formula is C20H22N4O2. The minimum Gasteiger partial charge on any atom is -0.387 e. The molecule has 0 aliphatic rings. The van der Waals surface area contributed by atoms with Crippen molar-refractivity contribution in [3.05, 3.63) is 64.7 Å². The van der Waals surface area contributed by atoms with Crippen LogP contribution in [0.5, 0.6) is 0 Å². The van der Waals surface area contributed by atoms with Gasteiger partial charge in [-0.3, -0.25) is 4.79 Å². The molecule has 0 aliphatic carbocycles. The van der Waals surface area contributed by atoms with Crippen molar-refractivity contribution in [1.82, 2.24) is 14.5 Å². The van der Waals surface area contributed by atoms with Gasteiger partial charge >= 0.3 is 0 Å². The van der Waals surface area contributed by atoms with Gasteiger partial charge in [-0.15, -0.1) is 0 Å². The van der Waals surface area contributed by atoms with Crippen molar-refractivity contribution in [2.24, 2.45) is 0 Å². The maximum absolute atomic E-state index is 12.1. The van der Waals surface area contributed by atoms with E-state index >= 15 is 0 Å².